The van der Waals surface area contributed by atoms with E-state index in [9.17, 15) is 25.2 Å². The Morgan fingerprint density at radius 2 is 1.86 bits per heavy atom. The fourth-order valence-electron chi connectivity index (χ4n) is 1.98. The number of carboxylic acid groups (broad SMARTS) is 1. The van der Waals surface area contributed by atoms with Gasteiger partial charge in [-0.3, -0.25) is 5.48 Å². The van der Waals surface area contributed by atoms with Crippen LogP contribution in [0.4, 0.5) is 5.69 Å². The van der Waals surface area contributed by atoms with Crippen molar-refractivity contribution < 1.29 is 64.4 Å². The maximum atomic E-state index is 10.9. The van der Waals surface area contributed by atoms with Gasteiger partial charge in [0.15, 0.2) is 0 Å². The van der Waals surface area contributed by atoms with E-state index < -0.39 is 36.7 Å². The second-order valence-electron chi connectivity index (χ2n) is 4.73. The van der Waals surface area contributed by atoms with E-state index in [-0.39, 0.29) is 40.8 Å². The number of carboxylic acids is 1. The summed E-state index contributed by atoms with van der Waals surface area (Å²) in [5.74, 6) is -1.39. The van der Waals surface area contributed by atoms with Crippen molar-refractivity contribution in [3.05, 3.63) is 29.8 Å². The second-order valence-corrected chi connectivity index (χ2v) is 4.73. The van der Waals surface area contributed by atoms with Gasteiger partial charge in [-0.1, -0.05) is 18.2 Å². The van der Waals surface area contributed by atoms with E-state index in [1.165, 1.54) is 25.1 Å². The van der Waals surface area contributed by atoms with E-state index in [1.54, 1.807) is 6.07 Å². The Balaban J connectivity index is 0.00000242. The molecule has 4 N–H and O–H groups in total. The SMILES string of the molecule is C[C@@H]1OC(ONc2ccccc2C(=O)[O-])[C@H](O)[C@H](O)[C@H]1O.[Na+]. The first-order chi connectivity index (χ1) is 9.91. The fourth-order valence-corrected chi connectivity index (χ4v) is 1.98. The number of benzene rings is 1. The van der Waals surface area contributed by atoms with E-state index in [1.807, 2.05) is 0 Å². The zero-order chi connectivity index (χ0) is 15.6. The molecular formula is C13H16NNaO7. The number of carbonyl (C=O) groups is 1. The number of hydrogen-bond donors (Lipinski definition) is 4. The van der Waals surface area contributed by atoms with Crippen molar-refractivity contribution in [2.75, 3.05) is 5.48 Å². The largest absolute Gasteiger partial charge is 1.00 e. The van der Waals surface area contributed by atoms with Gasteiger partial charge in [0, 0.05) is 5.56 Å². The average molecular weight is 321 g/mol. The maximum Gasteiger partial charge on any atom is 1.00 e. The molecule has 22 heavy (non-hydrogen) atoms. The minimum Gasteiger partial charge on any atom is -0.545 e. The first-order valence-electron chi connectivity index (χ1n) is 6.33. The van der Waals surface area contributed by atoms with Crippen LogP contribution in [-0.2, 0) is 9.57 Å². The summed E-state index contributed by atoms with van der Waals surface area (Å²) in [7, 11) is 0. The molecule has 9 heteroatoms. The summed E-state index contributed by atoms with van der Waals surface area (Å²) in [5, 5.41) is 39.9. The molecule has 1 aromatic carbocycles. The predicted molar refractivity (Wildman–Crippen MR) is 67.8 cm³/mol. The van der Waals surface area contributed by atoms with Crippen molar-refractivity contribution in [3.63, 3.8) is 0 Å². The molecular weight excluding hydrogens is 305 g/mol. The van der Waals surface area contributed by atoms with Crippen LogP contribution >= 0.6 is 0 Å². The fraction of sp³-hybridized carbons (Fsp3) is 0.462. The Bertz CT molecular complexity index is 515. The third kappa shape index (κ3) is 4.18. The number of ether oxygens (including phenoxy) is 1. The van der Waals surface area contributed by atoms with Crippen LogP contribution in [0.25, 0.3) is 0 Å². The van der Waals surface area contributed by atoms with Crippen LogP contribution in [0.15, 0.2) is 24.3 Å². The molecule has 8 nitrogen and oxygen atoms in total. The molecule has 0 aliphatic carbocycles. The first kappa shape index (κ1) is 19.3. The molecule has 1 aromatic rings. The molecule has 1 saturated heterocycles. The van der Waals surface area contributed by atoms with Gasteiger partial charge in [-0.25, -0.2) is 4.84 Å². The Morgan fingerprint density at radius 1 is 1.23 bits per heavy atom. The van der Waals surface area contributed by atoms with Crippen molar-refractivity contribution in [1.82, 2.24) is 0 Å². The first-order valence-corrected chi connectivity index (χ1v) is 6.33. The molecule has 1 aliphatic heterocycles. The average Bonchev–Trinajstić information content (AvgIpc) is 2.47. The smallest absolute Gasteiger partial charge is 0.545 e. The van der Waals surface area contributed by atoms with Crippen LogP contribution < -0.4 is 40.1 Å². The molecule has 5 atom stereocenters. The number of anilines is 1. The van der Waals surface area contributed by atoms with E-state index in [2.05, 4.69) is 5.48 Å². The zero-order valence-corrected chi connectivity index (χ0v) is 14.2. The molecule has 1 unspecified atom stereocenters. The monoisotopic (exact) mass is 321 g/mol. The van der Waals surface area contributed by atoms with Crippen LogP contribution in [-0.4, -0.2) is 52.0 Å². The van der Waals surface area contributed by atoms with Gasteiger partial charge in [-0.05, 0) is 13.0 Å². The van der Waals surface area contributed by atoms with Crippen molar-refractivity contribution in [2.24, 2.45) is 0 Å². The van der Waals surface area contributed by atoms with Gasteiger partial charge in [0.05, 0.1) is 17.8 Å². The van der Waals surface area contributed by atoms with Crippen LogP contribution in [0.1, 0.15) is 17.3 Å². The van der Waals surface area contributed by atoms with Crippen LogP contribution in [0, 0.1) is 0 Å². The van der Waals surface area contributed by atoms with E-state index in [4.69, 9.17) is 9.57 Å². The van der Waals surface area contributed by atoms with Crippen LogP contribution in [0.5, 0.6) is 0 Å². The van der Waals surface area contributed by atoms with Crippen molar-refractivity contribution in [2.45, 2.75) is 37.6 Å². The van der Waals surface area contributed by atoms with Gasteiger partial charge in [0.1, 0.15) is 18.3 Å². The third-order valence-electron chi connectivity index (χ3n) is 3.24. The summed E-state index contributed by atoms with van der Waals surface area (Å²) >= 11 is 0. The molecule has 0 amide bonds. The molecule has 1 aliphatic rings. The standard InChI is InChI=1S/C13H17NO7.Na/c1-6-9(15)10(16)11(17)13(20-6)21-14-8-5-3-2-4-7(8)12(18)19;/h2-6,9-11,13-17H,1H3,(H,18,19);/q;+1/p-1/t6-,9-,10+,11+,13?;/m0./s1. The summed E-state index contributed by atoms with van der Waals surface area (Å²) in [6.07, 6.45) is -6.19. The number of hydrogen-bond acceptors (Lipinski definition) is 8. The van der Waals surface area contributed by atoms with Crippen molar-refractivity contribution in [3.8, 4) is 0 Å². The number of para-hydroxylation sites is 1. The molecule has 0 spiro atoms. The van der Waals surface area contributed by atoms with Crippen LogP contribution in [0.3, 0.4) is 0 Å². The molecule has 1 fully saturated rings. The number of rotatable bonds is 4. The van der Waals surface area contributed by atoms with Crippen molar-refractivity contribution >= 4 is 11.7 Å². The molecule has 0 radical (unpaired) electrons. The number of aromatic carboxylic acids is 1. The van der Waals surface area contributed by atoms with Gasteiger partial charge < -0.3 is 30.0 Å². The minimum absolute atomic E-state index is 0. The summed E-state index contributed by atoms with van der Waals surface area (Å²) in [6, 6.07) is 5.86. The maximum absolute atomic E-state index is 10.9. The predicted octanol–water partition coefficient (Wildman–Crippen LogP) is -4.77. The number of nitrogens with one attached hydrogen (secondary N) is 1. The summed E-state index contributed by atoms with van der Waals surface area (Å²) < 4.78 is 5.20. The van der Waals surface area contributed by atoms with Crippen LogP contribution in [0.2, 0.25) is 0 Å². The summed E-state index contributed by atoms with van der Waals surface area (Å²) in [4.78, 5) is 16.0. The molecule has 0 bridgehead atoms. The molecule has 1 heterocycles. The quantitative estimate of drug-likeness (QED) is 0.321. The Morgan fingerprint density at radius 3 is 2.50 bits per heavy atom. The Labute approximate surface area is 148 Å². The topological polar surface area (TPSA) is 131 Å². The molecule has 2 rings (SSSR count). The third-order valence-corrected chi connectivity index (χ3v) is 3.24. The molecule has 0 saturated carbocycles. The van der Waals surface area contributed by atoms with Gasteiger partial charge in [0.25, 0.3) is 0 Å². The molecule has 0 aromatic heterocycles. The number of aliphatic hydroxyl groups is 3. The van der Waals surface area contributed by atoms with Gasteiger partial charge in [0.2, 0.25) is 6.29 Å². The zero-order valence-electron chi connectivity index (χ0n) is 12.2. The van der Waals surface area contributed by atoms with Gasteiger partial charge in [-0.15, -0.1) is 0 Å². The van der Waals surface area contributed by atoms with Crippen molar-refractivity contribution in [1.29, 1.82) is 0 Å². The number of aliphatic hydroxyl groups excluding tert-OH is 3. The van der Waals surface area contributed by atoms with E-state index in [0.29, 0.717) is 0 Å². The van der Waals surface area contributed by atoms with E-state index in [0.717, 1.165) is 0 Å². The summed E-state index contributed by atoms with van der Waals surface area (Å²) in [5.41, 5.74) is 2.34. The summed E-state index contributed by atoms with van der Waals surface area (Å²) in [6.45, 7) is 1.51. The minimum atomic E-state index is -1.49. The molecule has 116 valence electrons. The van der Waals surface area contributed by atoms with Gasteiger partial charge in [-0.2, -0.15) is 0 Å². The van der Waals surface area contributed by atoms with Gasteiger partial charge >= 0.3 is 29.6 Å². The van der Waals surface area contributed by atoms with E-state index >= 15 is 0 Å². The Kier molecular flexibility index (Phi) is 7.23. The normalized spacial score (nSPS) is 31.2. The second kappa shape index (κ2) is 8.23. The number of carbonyl (C=O) groups excluding carboxylic acids is 1. The Hall–Kier alpha value is -0.710.